The smallest absolute Gasteiger partial charge is 0.315 e. The van der Waals surface area contributed by atoms with Crippen molar-refractivity contribution in [3.63, 3.8) is 0 Å². The topological polar surface area (TPSA) is 50.4 Å². The third kappa shape index (κ3) is 6.38. The molecule has 0 fully saturated rings. The Morgan fingerprint density at radius 3 is 2.50 bits per heavy atom. The molecule has 1 atom stereocenters. The summed E-state index contributed by atoms with van der Waals surface area (Å²) in [7, 11) is 0. The number of hydrogen-bond donors (Lipinski definition) is 2. The van der Waals surface area contributed by atoms with Crippen LogP contribution in [0, 0.1) is 5.82 Å². The minimum atomic E-state index is -0.284. The SMILES string of the molecule is C[C@@H](OCCCNC(=O)NCc1ccc(F)cc1)c1ccccc1. The van der Waals surface area contributed by atoms with Crippen LogP contribution in [0.4, 0.5) is 9.18 Å². The van der Waals surface area contributed by atoms with Crippen molar-refractivity contribution in [3.8, 4) is 0 Å². The highest BCUT2D eigenvalue weighted by atomic mass is 19.1. The molecule has 24 heavy (non-hydrogen) atoms. The van der Waals surface area contributed by atoms with Gasteiger partial charge in [0, 0.05) is 19.7 Å². The quantitative estimate of drug-likeness (QED) is 0.724. The van der Waals surface area contributed by atoms with Crippen molar-refractivity contribution < 1.29 is 13.9 Å². The molecule has 0 aliphatic rings. The maximum atomic E-state index is 12.8. The van der Waals surface area contributed by atoms with E-state index in [1.807, 2.05) is 37.3 Å². The van der Waals surface area contributed by atoms with E-state index >= 15 is 0 Å². The van der Waals surface area contributed by atoms with Crippen molar-refractivity contribution in [2.75, 3.05) is 13.2 Å². The van der Waals surface area contributed by atoms with Gasteiger partial charge in [0.15, 0.2) is 0 Å². The lowest BCUT2D eigenvalue weighted by atomic mass is 10.1. The van der Waals surface area contributed by atoms with Crippen molar-refractivity contribution in [2.24, 2.45) is 0 Å². The number of carbonyl (C=O) groups is 1. The monoisotopic (exact) mass is 330 g/mol. The summed E-state index contributed by atoms with van der Waals surface area (Å²) in [5, 5.41) is 5.50. The molecule has 0 aliphatic carbocycles. The van der Waals surface area contributed by atoms with E-state index in [0.29, 0.717) is 19.7 Å². The lowest BCUT2D eigenvalue weighted by molar-refractivity contribution is 0.0644. The highest BCUT2D eigenvalue weighted by Gasteiger charge is 2.05. The second-order valence-corrected chi connectivity index (χ2v) is 5.51. The molecule has 2 N–H and O–H groups in total. The molecule has 2 rings (SSSR count). The van der Waals surface area contributed by atoms with Crippen LogP contribution in [0.3, 0.4) is 0 Å². The van der Waals surface area contributed by atoms with Gasteiger partial charge in [-0.05, 0) is 36.6 Å². The molecule has 2 aromatic carbocycles. The van der Waals surface area contributed by atoms with E-state index in [4.69, 9.17) is 4.74 Å². The van der Waals surface area contributed by atoms with Crippen LogP contribution in [0.15, 0.2) is 54.6 Å². The van der Waals surface area contributed by atoms with Gasteiger partial charge in [0.05, 0.1) is 6.10 Å². The Morgan fingerprint density at radius 2 is 1.79 bits per heavy atom. The molecule has 128 valence electrons. The van der Waals surface area contributed by atoms with Crippen molar-refractivity contribution >= 4 is 6.03 Å². The molecule has 0 aromatic heterocycles. The first-order chi connectivity index (χ1) is 11.6. The van der Waals surface area contributed by atoms with Crippen molar-refractivity contribution in [2.45, 2.75) is 26.0 Å². The van der Waals surface area contributed by atoms with Crippen molar-refractivity contribution in [3.05, 3.63) is 71.5 Å². The second kappa shape index (κ2) is 9.67. The van der Waals surface area contributed by atoms with Crippen LogP contribution < -0.4 is 10.6 Å². The normalized spacial score (nSPS) is 11.8. The first-order valence-electron chi connectivity index (χ1n) is 8.08. The first kappa shape index (κ1) is 17.9. The number of rotatable bonds is 8. The molecule has 0 aliphatic heterocycles. The van der Waals surface area contributed by atoms with Crippen LogP contribution in [0.1, 0.15) is 30.6 Å². The number of benzene rings is 2. The molecule has 0 saturated carbocycles. The van der Waals surface area contributed by atoms with Gasteiger partial charge in [-0.1, -0.05) is 42.5 Å². The molecule has 0 heterocycles. The van der Waals surface area contributed by atoms with Crippen molar-refractivity contribution in [1.82, 2.24) is 10.6 Å². The van der Waals surface area contributed by atoms with Crippen LogP contribution in [0.5, 0.6) is 0 Å². The summed E-state index contributed by atoms with van der Waals surface area (Å²) in [6.07, 6.45) is 0.778. The van der Waals surface area contributed by atoms with Crippen molar-refractivity contribution in [1.29, 1.82) is 0 Å². The van der Waals surface area contributed by atoms with Gasteiger partial charge in [-0.3, -0.25) is 0 Å². The highest BCUT2D eigenvalue weighted by molar-refractivity contribution is 5.73. The fraction of sp³-hybridized carbons (Fsp3) is 0.316. The van der Waals surface area contributed by atoms with E-state index in [0.717, 1.165) is 17.5 Å². The summed E-state index contributed by atoms with van der Waals surface area (Å²) in [6.45, 7) is 3.50. The first-order valence-corrected chi connectivity index (χ1v) is 8.08. The van der Waals surface area contributed by atoms with Gasteiger partial charge in [0.2, 0.25) is 0 Å². The lowest BCUT2D eigenvalue weighted by Gasteiger charge is -2.13. The summed E-state index contributed by atoms with van der Waals surface area (Å²) < 4.78 is 18.5. The number of amides is 2. The Bertz CT molecular complexity index is 617. The molecule has 2 amide bonds. The molecule has 2 aromatic rings. The number of hydrogen-bond acceptors (Lipinski definition) is 2. The summed E-state index contributed by atoms with van der Waals surface area (Å²) in [4.78, 5) is 11.7. The molecule has 0 spiro atoms. The summed E-state index contributed by atoms with van der Waals surface area (Å²) >= 11 is 0. The maximum absolute atomic E-state index is 12.8. The van der Waals surface area contributed by atoms with Crippen LogP contribution in [0.25, 0.3) is 0 Å². The summed E-state index contributed by atoms with van der Waals surface area (Å²) in [5.74, 6) is -0.284. The van der Waals surface area contributed by atoms with E-state index in [2.05, 4.69) is 10.6 Å². The highest BCUT2D eigenvalue weighted by Crippen LogP contribution is 2.15. The summed E-state index contributed by atoms with van der Waals surface area (Å²) in [6, 6.07) is 15.8. The fourth-order valence-corrected chi connectivity index (χ4v) is 2.20. The standard InChI is InChI=1S/C19H23FN2O2/c1-15(17-6-3-2-4-7-17)24-13-5-12-21-19(23)22-14-16-8-10-18(20)11-9-16/h2-4,6-11,15H,5,12-14H2,1H3,(H2,21,22,23)/t15-/m1/s1. The average Bonchev–Trinajstić information content (AvgIpc) is 2.61. The maximum Gasteiger partial charge on any atom is 0.315 e. The lowest BCUT2D eigenvalue weighted by Crippen LogP contribution is -2.35. The van der Waals surface area contributed by atoms with Gasteiger partial charge in [0.25, 0.3) is 0 Å². The average molecular weight is 330 g/mol. The van der Waals surface area contributed by atoms with E-state index in [-0.39, 0.29) is 18.0 Å². The predicted octanol–water partition coefficient (Wildman–Crippen LogP) is 3.79. The summed E-state index contributed by atoms with van der Waals surface area (Å²) in [5.41, 5.74) is 1.99. The number of halogens is 1. The zero-order valence-corrected chi connectivity index (χ0v) is 13.8. The zero-order chi connectivity index (χ0) is 17.2. The van der Waals surface area contributed by atoms with Gasteiger partial charge in [-0.25, -0.2) is 9.18 Å². The Balaban J connectivity index is 1.55. The van der Waals surface area contributed by atoms with Crippen LogP contribution >= 0.6 is 0 Å². The largest absolute Gasteiger partial charge is 0.374 e. The molecular weight excluding hydrogens is 307 g/mol. The molecular formula is C19H23FN2O2. The molecule has 0 radical (unpaired) electrons. The minimum absolute atomic E-state index is 0.0403. The van der Waals surface area contributed by atoms with E-state index in [1.165, 1.54) is 12.1 Å². The molecule has 0 unspecified atom stereocenters. The van der Waals surface area contributed by atoms with Gasteiger partial charge in [0.1, 0.15) is 5.82 Å². The third-order valence-corrected chi connectivity index (χ3v) is 3.61. The Morgan fingerprint density at radius 1 is 1.08 bits per heavy atom. The van der Waals surface area contributed by atoms with Gasteiger partial charge in [-0.15, -0.1) is 0 Å². The number of nitrogens with one attached hydrogen (secondary N) is 2. The molecule has 4 nitrogen and oxygen atoms in total. The van der Waals surface area contributed by atoms with Gasteiger partial charge in [-0.2, -0.15) is 0 Å². The zero-order valence-electron chi connectivity index (χ0n) is 13.8. The number of urea groups is 1. The number of ether oxygens (including phenoxy) is 1. The van der Waals surface area contributed by atoms with Crippen LogP contribution in [0.2, 0.25) is 0 Å². The Hall–Kier alpha value is -2.40. The molecule has 5 heteroatoms. The van der Waals surface area contributed by atoms with E-state index in [9.17, 15) is 9.18 Å². The van der Waals surface area contributed by atoms with Gasteiger partial charge < -0.3 is 15.4 Å². The van der Waals surface area contributed by atoms with E-state index in [1.54, 1.807) is 12.1 Å². The third-order valence-electron chi connectivity index (χ3n) is 3.61. The van der Waals surface area contributed by atoms with Gasteiger partial charge >= 0.3 is 6.03 Å². The predicted molar refractivity (Wildman–Crippen MR) is 92.1 cm³/mol. The molecule has 0 saturated heterocycles. The number of carbonyl (C=O) groups excluding carboxylic acids is 1. The molecule has 0 bridgehead atoms. The van der Waals surface area contributed by atoms with Crippen LogP contribution in [-0.2, 0) is 11.3 Å². The fourth-order valence-electron chi connectivity index (χ4n) is 2.20. The second-order valence-electron chi connectivity index (χ2n) is 5.51. The minimum Gasteiger partial charge on any atom is -0.374 e. The van der Waals surface area contributed by atoms with Crippen LogP contribution in [-0.4, -0.2) is 19.2 Å². The Labute approximate surface area is 142 Å². The van der Waals surface area contributed by atoms with E-state index < -0.39 is 0 Å². The Kier molecular flexibility index (Phi) is 7.23.